The number of benzene rings is 1. The van der Waals surface area contributed by atoms with E-state index in [1.165, 1.54) is 0 Å². The summed E-state index contributed by atoms with van der Waals surface area (Å²) in [5.74, 6) is -2.04. The molecule has 0 aliphatic carbocycles. The zero-order valence-electron chi connectivity index (χ0n) is 7.89. The summed E-state index contributed by atoms with van der Waals surface area (Å²) < 4.78 is 62.0. The Labute approximate surface area is 94.8 Å². The summed E-state index contributed by atoms with van der Waals surface area (Å²) in [6, 6.07) is 0.597. The van der Waals surface area contributed by atoms with Crippen LogP contribution in [0, 0.1) is 11.6 Å². The van der Waals surface area contributed by atoms with Gasteiger partial charge in [0.15, 0.2) is 0 Å². The SMILES string of the molecule is Cl.NC(Cc1c(F)cccc1F)C(F)(F)F. The summed E-state index contributed by atoms with van der Waals surface area (Å²) in [5.41, 5.74) is 4.13. The van der Waals surface area contributed by atoms with Crippen molar-refractivity contribution < 1.29 is 22.0 Å². The molecule has 1 unspecified atom stereocenters. The van der Waals surface area contributed by atoms with E-state index in [0.717, 1.165) is 18.2 Å². The molecule has 0 bridgehead atoms. The zero-order valence-corrected chi connectivity index (χ0v) is 8.71. The lowest BCUT2D eigenvalue weighted by Gasteiger charge is -2.15. The van der Waals surface area contributed by atoms with Gasteiger partial charge in [-0.15, -0.1) is 12.4 Å². The molecular formula is C9H9ClF5N. The number of alkyl halides is 3. The van der Waals surface area contributed by atoms with Crippen LogP contribution in [0.1, 0.15) is 5.56 Å². The summed E-state index contributed by atoms with van der Waals surface area (Å²) in [7, 11) is 0. The van der Waals surface area contributed by atoms with Crippen LogP contribution in [0.3, 0.4) is 0 Å². The summed E-state index contributed by atoms with van der Waals surface area (Å²) in [6.45, 7) is 0. The Morgan fingerprint density at radius 2 is 1.56 bits per heavy atom. The smallest absolute Gasteiger partial charge is 0.320 e. The first-order chi connectivity index (χ1) is 6.82. The molecule has 0 spiro atoms. The van der Waals surface area contributed by atoms with Crippen LogP contribution in [-0.2, 0) is 6.42 Å². The third-order valence-corrected chi connectivity index (χ3v) is 1.91. The minimum atomic E-state index is -4.66. The maximum Gasteiger partial charge on any atom is 0.403 e. The maximum atomic E-state index is 12.9. The lowest BCUT2D eigenvalue weighted by molar-refractivity contribution is -0.147. The van der Waals surface area contributed by atoms with E-state index in [4.69, 9.17) is 5.73 Å². The van der Waals surface area contributed by atoms with Gasteiger partial charge in [-0.2, -0.15) is 13.2 Å². The Bertz CT molecular complexity index is 332. The monoisotopic (exact) mass is 261 g/mol. The average molecular weight is 262 g/mol. The highest BCUT2D eigenvalue weighted by atomic mass is 35.5. The van der Waals surface area contributed by atoms with Crippen LogP contribution >= 0.6 is 12.4 Å². The van der Waals surface area contributed by atoms with Crippen LogP contribution in [0.5, 0.6) is 0 Å². The predicted octanol–water partition coefficient (Wildman–Crippen LogP) is 2.82. The molecule has 16 heavy (non-hydrogen) atoms. The Kier molecular flexibility index (Phi) is 5.15. The Morgan fingerprint density at radius 3 is 1.94 bits per heavy atom. The Balaban J connectivity index is 0.00000225. The topological polar surface area (TPSA) is 26.0 Å². The van der Waals surface area contributed by atoms with Gasteiger partial charge in [0.25, 0.3) is 0 Å². The van der Waals surface area contributed by atoms with E-state index in [9.17, 15) is 22.0 Å². The van der Waals surface area contributed by atoms with Gasteiger partial charge in [-0.05, 0) is 12.1 Å². The van der Waals surface area contributed by atoms with Gasteiger partial charge < -0.3 is 5.73 Å². The standard InChI is InChI=1S/C9H8F5N.ClH/c10-6-2-1-3-7(11)5(6)4-8(15)9(12,13)14;/h1-3,8H,4,15H2;1H. The van der Waals surface area contributed by atoms with E-state index in [1.54, 1.807) is 0 Å². The third kappa shape index (κ3) is 3.61. The first-order valence-electron chi connectivity index (χ1n) is 4.07. The van der Waals surface area contributed by atoms with Gasteiger partial charge in [-0.1, -0.05) is 6.07 Å². The van der Waals surface area contributed by atoms with Crippen molar-refractivity contribution in [3.05, 3.63) is 35.4 Å². The van der Waals surface area contributed by atoms with Crippen molar-refractivity contribution in [3.63, 3.8) is 0 Å². The molecule has 0 heterocycles. The number of halogens is 6. The van der Waals surface area contributed by atoms with E-state index < -0.39 is 35.8 Å². The number of rotatable bonds is 2. The molecule has 2 N–H and O–H groups in total. The summed E-state index contributed by atoms with van der Waals surface area (Å²) in [6.07, 6.45) is -5.56. The molecule has 1 nitrogen and oxygen atoms in total. The zero-order chi connectivity index (χ0) is 11.6. The lowest BCUT2D eigenvalue weighted by atomic mass is 10.1. The molecule has 0 radical (unpaired) electrons. The lowest BCUT2D eigenvalue weighted by Crippen LogP contribution is -2.39. The summed E-state index contributed by atoms with van der Waals surface area (Å²) in [4.78, 5) is 0. The first-order valence-corrected chi connectivity index (χ1v) is 4.07. The molecule has 92 valence electrons. The van der Waals surface area contributed by atoms with Crippen molar-refractivity contribution in [2.45, 2.75) is 18.6 Å². The van der Waals surface area contributed by atoms with Crippen LogP contribution in [0.2, 0.25) is 0 Å². The van der Waals surface area contributed by atoms with Gasteiger partial charge in [0, 0.05) is 12.0 Å². The molecule has 0 saturated carbocycles. The van der Waals surface area contributed by atoms with Gasteiger partial charge >= 0.3 is 6.18 Å². The normalized spacial score (nSPS) is 13.1. The highest BCUT2D eigenvalue weighted by Crippen LogP contribution is 2.23. The molecule has 0 fully saturated rings. The van der Waals surface area contributed by atoms with Crippen molar-refractivity contribution in [1.82, 2.24) is 0 Å². The Morgan fingerprint density at radius 1 is 1.12 bits per heavy atom. The molecule has 0 aliphatic rings. The molecule has 1 rings (SSSR count). The molecular weight excluding hydrogens is 253 g/mol. The van der Waals surface area contributed by atoms with Crippen LogP contribution in [-0.4, -0.2) is 12.2 Å². The second-order valence-corrected chi connectivity index (χ2v) is 3.05. The van der Waals surface area contributed by atoms with Gasteiger partial charge in [0.05, 0.1) is 0 Å². The maximum absolute atomic E-state index is 12.9. The fraction of sp³-hybridized carbons (Fsp3) is 0.333. The van der Waals surface area contributed by atoms with Gasteiger partial charge in [0.2, 0.25) is 0 Å². The molecule has 1 atom stereocenters. The van der Waals surface area contributed by atoms with Crippen LogP contribution < -0.4 is 5.73 Å². The molecule has 1 aromatic rings. The number of hydrogen-bond donors (Lipinski definition) is 1. The van der Waals surface area contributed by atoms with Gasteiger partial charge in [-0.25, -0.2) is 8.78 Å². The predicted molar refractivity (Wildman–Crippen MR) is 51.3 cm³/mol. The Hall–Kier alpha value is -0.880. The van der Waals surface area contributed by atoms with Crippen molar-refractivity contribution in [2.75, 3.05) is 0 Å². The van der Waals surface area contributed by atoms with E-state index >= 15 is 0 Å². The van der Waals surface area contributed by atoms with Gasteiger partial charge in [0.1, 0.15) is 17.7 Å². The minimum absolute atomic E-state index is 0. The third-order valence-electron chi connectivity index (χ3n) is 1.91. The van der Waals surface area contributed by atoms with Crippen molar-refractivity contribution >= 4 is 12.4 Å². The minimum Gasteiger partial charge on any atom is -0.320 e. The fourth-order valence-electron chi connectivity index (χ4n) is 1.06. The molecule has 0 aromatic heterocycles. The molecule has 7 heteroatoms. The van der Waals surface area contributed by atoms with Crippen LogP contribution in [0.4, 0.5) is 22.0 Å². The molecule has 0 aliphatic heterocycles. The van der Waals surface area contributed by atoms with E-state index in [-0.39, 0.29) is 12.4 Å². The first kappa shape index (κ1) is 15.1. The van der Waals surface area contributed by atoms with Crippen molar-refractivity contribution in [1.29, 1.82) is 0 Å². The van der Waals surface area contributed by atoms with Crippen molar-refractivity contribution in [3.8, 4) is 0 Å². The molecule has 0 amide bonds. The highest BCUT2D eigenvalue weighted by Gasteiger charge is 2.37. The van der Waals surface area contributed by atoms with Gasteiger partial charge in [-0.3, -0.25) is 0 Å². The molecule has 0 saturated heterocycles. The van der Waals surface area contributed by atoms with Crippen molar-refractivity contribution in [2.24, 2.45) is 5.73 Å². The second-order valence-electron chi connectivity index (χ2n) is 3.05. The molecule has 1 aromatic carbocycles. The average Bonchev–Trinajstić information content (AvgIpc) is 2.09. The number of hydrogen-bond acceptors (Lipinski definition) is 1. The van der Waals surface area contributed by atoms with E-state index in [0.29, 0.717) is 0 Å². The highest BCUT2D eigenvalue weighted by molar-refractivity contribution is 5.85. The van der Waals surface area contributed by atoms with E-state index in [1.807, 2.05) is 0 Å². The summed E-state index contributed by atoms with van der Waals surface area (Å²) in [5, 5.41) is 0. The van der Waals surface area contributed by atoms with E-state index in [2.05, 4.69) is 0 Å². The van der Waals surface area contributed by atoms with Crippen LogP contribution in [0.25, 0.3) is 0 Å². The van der Waals surface area contributed by atoms with Crippen LogP contribution in [0.15, 0.2) is 18.2 Å². The second kappa shape index (κ2) is 5.45. The summed E-state index contributed by atoms with van der Waals surface area (Å²) >= 11 is 0. The number of nitrogens with two attached hydrogens (primary N) is 1. The quantitative estimate of drug-likeness (QED) is 0.814. The largest absolute Gasteiger partial charge is 0.403 e. The fourth-order valence-corrected chi connectivity index (χ4v) is 1.06.